The van der Waals surface area contributed by atoms with Crippen molar-refractivity contribution in [2.75, 3.05) is 47.8 Å². The summed E-state index contributed by atoms with van der Waals surface area (Å²) in [4.78, 5) is 53.2. The predicted octanol–water partition coefficient (Wildman–Crippen LogP) is 4.75. The molecule has 1 aromatic heterocycles. The van der Waals surface area contributed by atoms with E-state index >= 15 is 0 Å². The highest BCUT2D eigenvalue weighted by Gasteiger charge is 2.70. The van der Waals surface area contributed by atoms with Gasteiger partial charge in [0.25, 0.3) is 0 Å². The topological polar surface area (TPSA) is 140 Å². The molecule has 12 heteroatoms. The fourth-order valence-corrected chi connectivity index (χ4v) is 7.74. The van der Waals surface area contributed by atoms with Crippen molar-refractivity contribution in [3.05, 3.63) is 36.0 Å². The van der Waals surface area contributed by atoms with E-state index in [1.165, 1.54) is 19.3 Å². The summed E-state index contributed by atoms with van der Waals surface area (Å²) >= 11 is 0. The minimum Gasteiger partial charge on any atom is -0.480 e. The monoisotopic (exact) mass is 619 g/mol. The van der Waals surface area contributed by atoms with Crippen LogP contribution in [0, 0.1) is 17.3 Å². The molecule has 0 radical (unpaired) electrons. The number of nitrogens with zero attached hydrogens (tertiary/aromatic N) is 5. The van der Waals surface area contributed by atoms with Gasteiger partial charge in [0.05, 0.1) is 6.20 Å². The van der Waals surface area contributed by atoms with Crippen molar-refractivity contribution in [1.82, 2.24) is 20.2 Å². The second-order valence-corrected chi connectivity index (χ2v) is 12.8. The zero-order valence-electron chi connectivity index (χ0n) is 26.5. The molecule has 5 atom stereocenters. The molecule has 4 fully saturated rings. The Kier molecular flexibility index (Phi) is 8.74. The van der Waals surface area contributed by atoms with Crippen LogP contribution in [0.3, 0.4) is 0 Å². The number of rotatable bonds is 12. The van der Waals surface area contributed by atoms with Crippen LogP contribution < -0.4 is 25.2 Å². The molecular weight excluding hydrogens is 574 g/mol. The van der Waals surface area contributed by atoms with Crippen molar-refractivity contribution in [2.45, 2.75) is 77.8 Å². The molecule has 4 unspecified atom stereocenters. The SMILES string of the molecule is CCN(CC)c1ncc(N(CC)C(=O)NC2CC3CC34CCC24)c(N[C@@H](Cc2ccc(OC(=O)N3CCCC3)cc2)C(=O)O)n1. The van der Waals surface area contributed by atoms with Gasteiger partial charge in [0, 0.05) is 45.2 Å². The Morgan fingerprint density at radius 3 is 2.44 bits per heavy atom. The molecular formula is C33H45N7O5. The number of anilines is 3. The number of hydrogen-bond acceptors (Lipinski definition) is 8. The maximum atomic E-state index is 13.7. The number of nitrogens with one attached hydrogen (secondary N) is 2. The smallest absolute Gasteiger partial charge is 0.415 e. The van der Waals surface area contributed by atoms with Crippen molar-refractivity contribution >= 4 is 35.5 Å². The summed E-state index contributed by atoms with van der Waals surface area (Å²) in [6.45, 7) is 9.02. The van der Waals surface area contributed by atoms with Gasteiger partial charge < -0.3 is 30.3 Å². The molecule has 1 saturated heterocycles. The first kappa shape index (κ1) is 30.9. The summed E-state index contributed by atoms with van der Waals surface area (Å²) in [6, 6.07) is 5.81. The maximum Gasteiger partial charge on any atom is 0.415 e. The van der Waals surface area contributed by atoms with Crippen molar-refractivity contribution < 1.29 is 24.2 Å². The standard InChI is InChI=1S/C33H45N7O5/c1-4-38(5-2)30-34-20-27(40(6-3)31(43)36-25-18-22-19-33(22)14-13-24(25)33)28(37-30)35-26(29(41)42)17-21-9-11-23(12-10-21)45-32(44)39-15-7-8-16-39/h9-12,20,22,24-26H,4-8,13-19H2,1-3H3,(H,36,43)(H,41,42)(H,34,35,37)/t22?,24?,25?,26-,33?/m0/s1. The number of carbonyl (C=O) groups is 3. The van der Waals surface area contributed by atoms with E-state index in [1.807, 2.05) is 25.7 Å². The van der Waals surface area contributed by atoms with Crippen LogP contribution >= 0.6 is 0 Å². The number of amides is 3. The van der Waals surface area contributed by atoms with Gasteiger partial charge in [-0.3, -0.25) is 4.90 Å². The normalized spacial score (nSPS) is 25.0. The van der Waals surface area contributed by atoms with E-state index in [-0.39, 0.29) is 24.6 Å². The molecule has 0 bridgehead atoms. The Morgan fingerprint density at radius 1 is 1.11 bits per heavy atom. The summed E-state index contributed by atoms with van der Waals surface area (Å²) in [6.07, 6.45) is 8.14. The lowest BCUT2D eigenvalue weighted by atomic mass is 9.70. The molecule has 3 amide bonds. The van der Waals surface area contributed by atoms with Crippen LogP contribution in [0.15, 0.2) is 30.5 Å². The van der Waals surface area contributed by atoms with Gasteiger partial charge in [-0.1, -0.05) is 12.1 Å². The van der Waals surface area contributed by atoms with Gasteiger partial charge >= 0.3 is 18.1 Å². The molecule has 3 aliphatic carbocycles. The van der Waals surface area contributed by atoms with E-state index < -0.39 is 12.0 Å². The lowest BCUT2D eigenvalue weighted by molar-refractivity contribution is -0.137. The van der Waals surface area contributed by atoms with Crippen molar-refractivity contribution in [3.63, 3.8) is 0 Å². The summed E-state index contributed by atoms with van der Waals surface area (Å²) < 4.78 is 5.50. The number of likely N-dealkylation sites (tertiary alicyclic amines) is 1. The first-order chi connectivity index (χ1) is 21.8. The van der Waals surface area contributed by atoms with Crippen LogP contribution in [-0.4, -0.2) is 82.9 Å². The Balaban J connectivity index is 1.19. The average molecular weight is 620 g/mol. The van der Waals surface area contributed by atoms with E-state index in [9.17, 15) is 19.5 Å². The van der Waals surface area contributed by atoms with Crippen LogP contribution in [-0.2, 0) is 11.2 Å². The molecule has 1 aliphatic heterocycles. The highest BCUT2D eigenvalue weighted by molar-refractivity contribution is 5.95. The second kappa shape index (κ2) is 12.7. The van der Waals surface area contributed by atoms with Crippen LogP contribution in [0.2, 0.25) is 0 Å². The molecule has 1 aromatic carbocycles. The van der Waals surface area contributed by atoms with Gasteiger partial charge in [-0.2, -0.15) is 4.98 Å². The summed E-state index contributed by atoms with van der Waals surface area (Å²) in [5.41, 5.74) is 1.67. The lowest BCUT2D eigenvalue weighted by Crippen LogP contribution is -2.50. The van der Waals surface area contributed by atoms with Crippen LogP contribution in [0.1, 0.15) is 64.9 Å². The third kappa shape index (κ3) is 6.11. The fourth-order valence-electron chi connectivity index (χ4n) is 7.74. The van der Waals surface area contributed by atoms with Gasteiger partial charge in [-0.15, -0.1) is 0 Å². The molecule has 2 aromatic rings. The minimum atomic E-state index is -1.05. The van der Waals surface area contributed by atoms with Crippen molar-refractivity contribution in [2.24, 2.45) is 17.3 Å². The molecule has 1 spiro atoms. The van der Waals surface area contributed by atoms with Crippen molar-refractivity contribution in [1.29, 1.82) is 0 Å². The molecule has 4 aliphatic rings. The number of urea groups is 1. The Hall–Kier alpha value is -4.09. The van der Waals surface area contributed by atoms with Crippen LogP contribution in [0.25, 0.3) is 0 Å². The van der Waals surface area contributed by atoms with Gasteiger partial charge in [0.2, 0.25) is 5.95 Å². The molecule has 2 heterocycles. The molecule has 3 saturated carbocycles. The number of carboxylic acid groups (broad SMARTS) is 1. The Bertz CT molecular complexity index is 1410. The summed E-state index contributed by atoms with van der Waals surface area (Å²) in [7, 11) is 0. The third-order valence-electron chi connectivity index (χ3n) is 10.5. The van der Waals surface area contributed by atoms with E-state index in [4.69, 9.17) is 9.72 Å². The fraction of sp³-hybridized carbons (Fsp3) is 0.606. The number of benzene rings is 1. The third-order valence-corrected chi connectivity index (χ3v) is 10.5. The van der Waals surface area contributed by atoms with Gasteiger partial charge in [0.1, 0.15) is 17.5 Å². The maximum absolute atomic E-state index is 13.7. The van der Waals surface area contributed by atoms with E-state index in [2.05, 4.69) is 15.6 Å². The largest absolute Gasteiger partial charge is 0.480 e. The van der Waals surface area contributed by atoms with Crippen LogP contribution in [0.5, 0.6) is 5.75 Å². The number of carbonyl (C=O) groups excluding carboxylic acids is 2. The number of carboxylic acids is 1. The molecule has 3 N–H and O–H groups in total. The summed E-state index contributed by atoms with van der Waals surface area (Å²) in [5, 5.41) is 16.7. The summed E-state index contributed by atoms with van der Waals surface area (Å²) in [5.74, 6) is 1.42. The quantitative estimate of drug-likeness (QED) is 0.307. The van der Waals surface area contributed by atoms with E-state index in [1.54, 1.807) is 40.3 Å². The van der Waals surface area contributed by atoms with E-state index in [0.29, 0.717) is 67.3 Å². The minimum absolute atomic E-state index is 0.144. The zero-order valence-corrected chi connectivity index (χ0v) is 26.5. The van der Waals surface area contributed by atoms with Gasteiger partial charge in [0.15, 0.2) is 5.82 Å². The number of hydrogen-bond donors (Lipinski definition) is 3. The van der Waals surface area contributed by atoms with E-state index in [0.717, 1.165) is 30.7 Å². The average Bonchev–Trinajstić information content (AvgIpc) is 3.41. The molecule has 242 valence electrons. The molecule has 45 heavy (non-hydrogen) atoms. The second-order valence-electron chi connectivity index (χ2n) is 12.8. The highest BCUT2D eigenvalue weighted by atomic mass is 16.6. The van der Waals surface area contributed by atoms with Gasteiger partial charge in [-0.25, -0.2) is 19.4 Å². The number of ether oxygens (including phenoxy) is 1. The van der Waals surface area contributed by atoms with Crippen molar-refractivity contribution in [3.8, 4) is 5.75 Å². The zero-order chi connectivity index (χ0) is 31.7. The number of aliphatic carboxylic acids is 1. The van der Waals surface area contributed by atoms with Crippen LogP contribution in [0.4, 0.5) is 27.0 Å². The Labute approximate surface area is 264 Å². The lowest BCUT2D eigenvalue weighted by Gasteiger charge is -2.39. The first-order valence-corrected chi connectivity index (χ1v) is 16.5. The first-order valence-electron chi connectivity index (χ1n) is 16.5. The molecule has 6 rings (SSSR count). The predicted molar refractivity (Wildman–Crippen MR) is 171 cm³/mol. The molecule has 12 nitrogen and oxygen atoms in total. The highest BCUT2D eigenvalue weighted by Crippen LogP contribution is 2.75. The number of aromatic nitrogens is 2. The Morgan fingerprint density at radius 2 is 1.84 bits per heavy atom. The van der Waals surface area contributed by atoms with Gasteiger partial charge in [-0.05, 0) is 94.2 Å².